The van der Waals surface area contributed by atoms with Crippen molar-refractivity contribution in [1.82, 2.24) is 0 Å². The molecule has 0 aliphatic rings. The first kappa shape index (κ1) is 12.6. The van der Waals surface area contributed by atoms with E-state index in [2.05, 4.69) is 5.32 Å². The lowest BCUT2D eigenvalue weighted by atomic mass is 10.2. The molecule has 0 fully saturated rings. The minimum Gasteiger partial charge on any atom is -0.495 e. The van der Waals surface area contributed by atoms with Gasteiger partial charge in [0.15, 0.2) is 0 Å². The number of ether oxygens (including phenoxy) is 1. The standard InChI is InChI=1S/C12H9NO6/c1-18-8-4-3-7-6(2-5-9(14)19-7)10(8)13-11(15)12(16)17/h2-5H,1H3,(H,13,15)(H,16,17). The van der Waals surface area contributed by atoms with Gasteiger partial charge in [0.1, 0.15) is 11.3 Å². The van der Waals surface area contributed by atoms with Crippen LogP contribution in [-0.4, -0.2) is 24.1 Å². The van der Waals surface area contributed by atoms with Crippen LogP contribution < -0.4 is 15.7 Å². The van der Waals surface area contributed by atoms with E-state index in [0.29, 0.717) is 5.39 Å². The summed E-state index contributed by atoms with van der Waals surface area (Å²) in [5, 5.41) is 11.2. The summed E-state index contributed by atoms with van der Waals surface area (Å²) >= 11 is 0. The summed E-state index contributed by atoms with van der Waals surface area (Å²) in [6.07, 6.45) is 0. The van der Waals surface area contributed by atoms with Crippen LogP contribution in [0.1, 0.15) is 0 Å². The molecule has 0 aliphatic heterocycles. The van der Waals surface area contributed by atoms with Gasteiger partial charge in [-0.25, -0.2) is 9.59 Å². The molecule has 98 valence electrons. The number of amides is 1. The molecule has 1 aromatic heterocycles. The van der Waals surface area contributed by atoms with Crippen molar-refractivity contribution in [3.8, 4) is 5.75 Å². The van der Waals surface area contributed by atoms with Crippen LogP contribution in [0.2, 0.25) is 0 Å². The summed E-state index contributed by atoms with van der Waals surface area (Å²) in [7, 11) is 1.37. The van der Waals surface area contributed by atoms with Crippen LogP contribution in [0.5, 0.6) is 5.75 Å². The Balaban J connectivity index is 2.64. The van der Waals surface area contributed by atoms with Gasteiger partial charge in [-0.2, -0.15) is 0 Å². The third-order valence-electron chi connectivity index (χ3n) is 2.42. The van der Waals surface area contributed by atoms with Gasteiger partial charge in [0.2, 0.25) is 0 Å². The summed E-state index contributed by atoms with van der Waals surface area (Å²) in [5.41, 5.74) is -0.196. The van der Waals surface area contributed by atoms with E-state index < -0.39 is 17.5 Å². The minimum absolute atomic E-state index is 0.135. The summed E-state index contributed by atoms with van der Waals surface area (Å²) in [6, 6.07) is 5.54. The van der Waals surface area contributed by atoms with Crippen LogP contribution in [0.3, 0.4) is 0 Å². The van der Waals surface area contributed by atoms with E-state index in [1.807, 2.05) is 0 Å². The van der Waals surface area contributed by atoms with E-state index in [1.54, 1.807) is 0 Å². The molecule has 1 aromatic carbocycles. The smallest absolute Gasteiger partial charge is 0.394 e. The third kappa shape index (κ3) is 2.39. The van der Waals surface area contributed by atoms with Crippen molar-refractivity contribution in [2.24, 2.45) is 0 Å². The highest BCUT2D eigenvalue weighted by atomic mass is 16.5. The van der Waals surface area contributed by atoms with E-state index in [9.17, 15) is 14.4 Å². The zero-order valence-corrected chi connectivity index (χ0v) is 9.80. The Labute approximate surface area is 106 Å². The summed E-state index contributed by atoms with van der Waals surface area (Å²) < 4.78 is 9.97. The second-order valence-electron chi connectivity index (χ2n) is 3.57. The number of carboxylic acids is 1. The van der Waals surface area contributed by atoms with E-state index in [4.69, 9.17) is 14.3 Å². The first-order valence-corrected chi connectivity index (χ1v) is 5.18. The molecule has 0 saturated heterocycles. The lowest BCUT2D eigenvalue weighted by Gasteiger charge is -2.11. The zero-order valence-electron chi connectivity index (χ0n) is 9.80. The predicted octanol–water partition coefficient (Wildman–Crippen LogP) is 0.825. The Hall–Kier alpha value is -2.83. The van der Waals surface area contributed by atoms with Crippen molar-refractivity contribution in [2.45, 2.75) is 0 Å². The summed E-state index contributed by atoms with van der Waals surface area (Å²) in [6.45, 7) is 0. The number of methoxy groups -OCH3 is 1. The number of fused-ring (bicyclic) bond motifs is 1. The molecule has 7 heteroatoms. The maximum Gasteiger partial charge on any atom is 0.394 e. The molecule has 2 aromatic rings. The average molecular weight is 263 g/mol. The fraction of sp³-hybridized carbons (Fsp3) is 0.0833. The number of aliphatic carboxylic acids is 1. The Kier molecular flexibility index (Phi) is 3.19. The molecule has 7 nitrogen and oxygen atoms in total. The maximum atomic E-state index is 11.2. The van der Waals surface area contributed by atoms with Gasteiger partial charge < -0.3 is 19.6 Å². The molecule has 2 N–H and O–H groups in total. The zero-order chi connectivity index (χ0) is 14.0. The second kappa shape index (κ2) is 4.81. The lowest BCUT2D eigenvalue weighted by molar-refractivity contribution is -0.147. The summed E-state index contributed by atoms with van der Waals surface area (Å²) in [5.74, 6) is -2.58. The fourth-order valence-corrected chi connectivity index (χ4v) is 1.59. The van der Waals surface area contributed by atoms with Crippen molar-refractivity contribution in [1.29, 1.82) is 0 Å². The van der Waals surface area contributed by atoms with Crippen molar-refractivity contribution in [3.63, 3.8) is 0 Å². The summed E-state index contributed by atoms with van der Waals surface area (Å²) in [4.78, 5) is 32.9. The van der Waals surface area contributed by atoms with Gasteiger partial charge in [-0.3, -0.25) is 4.79 Å². The first-order valence-electron chi connectivity index (χ1n) is 5.18. The van der Waals surface area contributed by atoms with E-state index >= 15 is 0 Å². The van der Waals surface area contributed by atoms with Gasteiger partial charge in [-0.05, 0) is 18.2 Å². The quantitative estimate of drug-likeness (QED) is 0.614. The van der Waals surface area contributed by atoms with Crippen LogP contribution >= 0.6 is 0 Å². The van der Waals surface area contributed by atoms with Gasteiger partial charge in [-0.15, -0.1) is 0 Å². The second-order valence-corrected chi connectivity index (χ2v) is 3.57. The topological polar surface area (TPSA) is 106 Å². The molecule has 0 aliphatic carbocycles. The number of nitrogens with one attached hydrogen (secondary N) is 1. The molecule has 2 rings (SSSR count). The number of carboxylic acid groups (broad SMARTS) is 1. The number of hydrogen-bond donors (Lipinski definition) is 2. The SMILES string of the molecule is COc1ccc2oc(=O)ccc2c1NC(=O)C(=O)O. The largest absolute Gasteiger partial charge is 0.495 e. The molecule has 0 saturated carbocycles. The van der Waals surface area contributed by atoms with Gasteiger partial charge in [-0.1, -0.05) is 0 Å². The van der Waals surface area contributed by atoms with Gasteiger partial charge in [0.05, 0.1) is 12.8 Å². The van der Waals surface area contributed by atoms with Crippen LogP contribution in [0.4, 0.5) is 5.69 Å². The van der Waals surface area contributed by atoms with E-state index in [1.165, 1.54) is 25.3 Å². The van der Waals surface area contributed by atoms with E-state index in [0.717, 1.165) is 6.07 Å². The van der Waals surface area contributed by atoms with E-state index in [-0.39, 0.29) is 17.0 Å². The molecular formula is C12H9NO6. The highest BCUT2D eigenvalue weighted by molar-refractivity contribution is 6.37. The van der Waals surface area contributed by atoms with Crippen LogP contribution in [0.25, 0.3) is 11.0 Å². The molecule has 0 spiro atoms. The van der Waals surface area contributed by atoms with Crippen molar-refractivity contribution >= 4 is 28.5 Å². The number of anilines is 1. The number of carbonyl (C=O) groups excluding carboxylic acids is 1. The van der Waals surface area contributed by atoms with Crippen molar-refractivity contribution in [3.05, 3.63) is 34.7 Å². The van der Waals surface area contributed by atoms with Crippen LogP contribution in [0.15, 0.2) is 33.5 Å². The number of hydrogen-bond acceptors (Lipinski definition) is 5. The number of benzene rings is 1. The Morgan fingerprint density at radius 3 is 2.63 bits per heavy atom. The predicted molar refractivity (Wildman–Crippen MR) is 65.3 cm³/mol. The highest BCUT2D eigenvalue weighted by Crippen LogP contribution is 2.32. The van der Waals surface area contributed by atoms with Gasteiger partial charge >= 0.3 is 17.5 Å². The average Bonchev–Trinajstić information content (AvgIpc) is 2.38. The minimum atomic E-state index is -1.63. The molecule has 0 unspecified atom stereocenters. The first-order chi connectivity index (χ1) is 9.02. The Bertz CT molecular complexity index is 718. The van der Waals surface area contributed by atoms with Crippen LogP contribution in [0, 0.1) is 0 Å². The molecule has 19 heavy (non-hydrogen) atoms. The Morgan fingerprint density at radius 2 is 2.00 bits per heavy atom. The molecular weight excluding hydrogens is 254 g/mol. The Morgan fingerprint density at radius 1 is 1.26 bits per heavy atom. The van der Waals surface area contributed by atoms with Gasteiger partial charge in [0, 0.05) is 11.5 Å². The van der Waals surface area contributed by atoms with Crippen molar-refractivity contribution < 1.29 is 23.8 Å². The van der Waals surface area contributed by atoms with Gasteiger partial charge in [0.25, 0.3) is 0 Å². The molecule has 0 bridgehead atoms. The van der Waals surface area contributed by atoms with Crippen molar-refractivity contribution in [2.75, 3.05) is 12.4 Å². The lowest BCUT2D eigenvalue weighted by Crippen LogP contribution is -2.22. The van der Waals surface area contributed by atoms with Crippen LogP contribution in [-0.2, 0) is 9.59 Å². The normalized spacial score (nSPS) is 10.2. The molecule has 0 atom stereocenters. The molecule has 1 heterocycles. The molecule has 1 amide bonds. The molecule has 0 radical (unpaired) electrons. The monoisotopic (exact) mass is 263 g/mol. The highest BCUT2D eigenvalue weighted by Gasteiger charge is 2.17. The number of rotatable bonds is 2. The number of carbonyl (C=O) groups is 2. The maximum absolute atomic E-state index is 11.2. The third-order valence-corrected chi connectivity index (χ3v) is 2.42. The fourth-order valence-electron chi connectivity index (χ4n) is 1.59.